The number of carbonyl (C=O) groups excluding carboxylic acids is 1. The van der Waals surface area contributed by atoms with Gasteiger partial charge >= 0.3 is 5.97 Å². The van der Waals surface area contributed by atoms with E-state index in [4.69, 9.17) is 10.5 Å². The van der Waals surface area contributed by atoms with Gasteiger partial charge in [0.1, 0.15) is 0 Å². The zero-order valence-corrected chi connectivity index (χ0v) is 13.4. The molecule has 1 aliphatic rings. The van der Waals surface area contributed by atoms with Crippen LogP contribution in [0.2, 0.25) is 0 Å². The van der Waals surface area contributed by atoms with Gasteiger partial charge in [0.05, 0.1) is 24.7 Å². The number of aromatic nitrogens is 2. The van der Waals surface area contributed by atoms with Crippen LogP contribution in [-0.2, 0) is 4.74 Å². The first kappa shape index (κ1) is 15.7. The lowest BCUT2D eigenvalue weighted by Gasteiger charge is -2.31. The minimum Gasteiger partial charge on any atom is -0.461 e. The molecule has 1 heterocycles. The fourth-order valence-electron chi connectivity index (χ4n) is 3.33. The molecule has 0 spiro atoms. The van der Waals surface area contributed by atoms with E-state index in [-0.39, 0.29) is 18.1 Å². The van der Waals surface area contributed by atoms with Gasteiger partial charge in [0.25, 0.3) is 0 Å². The summed E-state index contributed by atoms with van der Waals surface area (Å²) in [5.41, 5.74) is 8.48. The molecule has 2 aromatic rings. The molecule has 3 rings (SSSR count). The van der Waals surface area contributed by atoms with E-state index < -0.39 is 0 Å². The molecule has 5 nitrogen and oxygen atoms in total. The number of nitrogens with zero attached hydrogens (tertiary/aromatic N) is 2. The second-order valence-electron chi connectivity index (χ2n) is 5.95. The minimum atomic E-state index is -0.380. The average molecular weight is 313 g/mol. The molecule has 1 unspecified atom stereocenters. The number of benzene rings is 1. The van der Waals surface area contributed by atoms with Crippen LogP contribution in [0.1, 0.15) is 49.1 Å². The monoisotopic (exact) mass is 313 g/mol. The van der Waals surface area contributed by atoms with E-state index in [1.165, 1.54) is 0 Å². The standard InChI is InChI=1S/C18H23N3O2/c1-2-23-18(22)16-17(13-8-4-3-5-9-13)21(12-20-16)15-11-7-6-10-14(15)19/h3-5,8-9,12,14-15H,2,6-7,10-11,19H2,1H3/t14-,15?/m1/s1. The van der Waals surface area contributed by atoms with Crippen molar-refractivity contribution in [2.45, 2.75) is 44.7 Å². The lowest BCUT2D eigenvalue weighted by Crippen LogP contribution is -2.35. The Bertz CT molecular complexity index is 666. The molecule has 1 aromatic heterocycles. The predicted octanol–water partition coefficient (Wildman–Crippen LogP) is 3.17. The lowest BCUT2D eigenvalue weighted by molar-refractivity contribution is 0.0521. The molecule has 0 bridgehead atoms. The van der Waals surface area contributed by atoms with Crippen LogP contribution in [0.25, 0.3) is 11.3 Å². The SMILES string of the molecule is CCOC(=O)c1ncn(C2CCCC[C@H]2N)c1-c1ccccc1. The van der Waals surface area contributed by atoms with Crippen molar-refractivity contribution in [1.29, 1.82) is 0 Å². The molecule has 1 fully saturated rings. The highest BCUT2D eigenvalue weighted by molar-refractivity contribution is 5.94. The number of carbonyl (C=O) groups is 1. The van der Waals surface area contributed by atoms with Crippen LogP contribution in [0.15, 0.2) is 36.7 Å². The Labute approximate surface area is 136 Å². The van der Waals surface area contributed by atoms with Crippen LogP contribution in [-0.4, -0.2) is 28.2 Å². The van der Waals surface area contributed by atoms with E-state index in [1.54, 1.807) is 13.3 Å². The fourth-order valence-corrected chi connectivity index (χ4v) is 3.33. The van der Waals surface area contributed by atoms with Crippen LogP contribution in [0.5, 0.6) is 0 Å². The third-order valence-electron chi connectivity index (χ3n) is 4.45. The molecular formula is C18H23N3O2. The van der Waals surface area contributed by atoms with Gasteiger partial charge in [-0.1, -0.05) is 43.2 Å². The van der Waals surface area contributed by atoms with Crippen molar-refractivity contribution in [3.05, 3.63) is 42.4 Å². The molecular weight excluding hydrogens is 290 g/mol. The zero-order valence-electron chi connectivity index (χ0n) is 13.4. The topological polar surface area (TPSA) is 70.1 Å². The van der Waals surface area contributed by atoms with Crippen LogP contribution < -0.4 is 5.73 Å². The van der Waals surface area contributed by atoms with Crippen LogP contribution in [0.4, 0.5) is 0 Å². The van der Waals surface area contributed by atoms with E-state index in [0.717, 1.165) is 36.9 Å². The molecule has 0 saturated heterocycles. The summed E-state index contributed by atoms with van der Waals surface area (Å²) in [5, 5.41) is 0. The third kappa shape index (κ3) is 3.15. The second kappa shape index (κ2) is 6.96. The number of imidazole rings is 1. The number of ether oxygens (including phenoxy) is 1. The minimum absolute atomic E-state index is 0.0930. The Kier molecular flexibility index (Phi) is 4.76. The Hall–Kier alpha value is -2.14. The highest BCUT2D eigenvalue weighted by Gasteiger charge is 2.29. The Morgan fingerprint density at radius 1 is 1.30 bits per heavy atom. The first-order valence-electron chi connectivity index (χ1n) is 8.27. The molecule has 2 atom stereocenters. The number of esters is 1. The Morgan fingerprint density at radius 2 is 2.04 bits per heavy atom. The normalized spacial score (nSPS) is 21.1. The second-order valence-corrected chi connectivity index (χ2v) is 5.95. The molecule has 0 aliphatic heterocycles. The van der Waals surface area contributed by atoms with E-state index in [9.17, 15) is 4.79 Å². The first-order chi connectivity index (χ1) is 11.2. The molecule has 0 amide bonds. The van der Waals surface area contributed by atoms with Gasteiger partial charge in [0, 0.05) is 11.6 Å². The summed E-state index contributed by atoms with van der Waals surface area (Å²) in [6.45, 7) is 2.14. The summed E-state index contributed by atoms with van der Waals surface area (Å²) in [6.07, 6.45) is 6.08. The van der Waals surface area contributed by atoms with E-state index in [2.05, 4.69) is 9.55 Å². The molecule has 1 aliphatic carbocycles. The van der Waals surface area contributed by atoms with Gasteiger partial charge in [-0.05, 0) is 19.8 Å². The summed E-state index contributed by atoms with van der Waals surface area (Å²) < 4.78 is 7.25. The fraction of sp³-hybridized carbons (Fsp3) is 0.444. The molecule has 5 heteroatoms. The zero-order chi connectivity index (χ0) is 16.2. The van der Waals surface area contributed by atoms with Gasteiger partial charge < -0.3 is 15.0 Å². The number of hydrogen-bond donors (Lipinski definition) is 1. The van der Waals surface area contributed by atoms with Crippen molar-refractivity contribution in [1.82, 2.24) is 9.55 Å². The van der Waals surface area contributed by atoms with Crippen molar-refractivity contribution < 1.29 is 9.53 Å². The summed E-state index contributed by atoms with van der Waals surface area (Å²) in [4.78, 5) is 16.6. The lowest BCUT2D eigenvalue weighted by atomic mass is 9.90. The van der Waals surface area contributed by atoms with Crippen molar-refractivity contribution in [3.63, 3.8) is 0 Å². The smallest absolute Gasteiger partial charge is 0.359 e. The maximum Gasteiger partial charge on any atom is 0.359 e. The van der Waals surface area contributed by atoms with E-state index in [0.29, 0.717) is 12.3 Å². The summed E-state index contributed by atoms with van der Waals surface area (Å²) in [6, 6.07) is 10.1. The highest BCUT2D eigenvalue weighted by atomic mass is 16.5. The van der Waals surface area contributed by atoms with Gasteiger partial charge in [-0.15, -0.1) is 0 Å². The van der Waals surface area contributed by atoms with Crippen molar-refractivity contribution >= 4 is 5.97 Å². The van der Waals surface area contributed by atoms with Gasteiger partial charge in [0.2, 0.25) is 0 Å². The molecule has 1 saturated carbocycles. The van der Waals surface area contributed by atoms with Gasteiger partial charge in [-0.3, -0.25) is 0 Å². The predicted molar refractivity (Wildman–Crippen MR) is 89.1 cm³/mol. The summed E-state index contributed by atoms with van der Waals surface area (Å²) >= 11 is 0. The van der Waals surface area contributed by atoms with E-state index in [1.807, 2.05) is 30.3 Å². The molecule has 0 radical (unpaired) electrons. The van der Waals surface area contributed by atoms with Gasteiger partial charge in [0.15, 0.2) is 5.69 Å². The molecule has 122 valence electrons. The average Bonchev–Trinajstić information content (AvgIpc) is 3.01. The maximum absolute atomic E-state index is 12.3. The molecule has 1 aromatic carbocycles. The Morgan fingerprint density at radius 3 is 2.74 bits per heavy atom. The van der Waals surface area contributed by atoms with Crippen molar-refractivity contribution in [2.24, 2.45) is 5.73 Å². The van der Waals surface area contributed by atoms with Gasteiger partial charge in [-0.25, -0.2) is 9.78 Å². The van der Waals surface area contributed by atoms with Crippen LogP contribution >= 0.6 is 0 Å². The molecule has 23 heavy (non-hydrogen) atoms. The highest BCUT2D eigenvalue weighted by Crippen LogP contribution is 2.33. The third-order valence-corrected chi connectivity index (χ3v) is 4.45. The van der Waals surface area contributed by atoms with Crippen molar-refractivity contribution in [2.75, 3.05) is 6.61 Å². The summed E-state index contributed by atoms with van der Waals surface area (Å²) in [7, 11) is 0. The largest absolute Gasteiger partial charge is 0.461 e. The van der Waals surface area contributed by atoms with Crippen LogP contribution in [0, 0.1) is 0 Å². The quantitative estimate of drug-likeness (QED) is 0.880. The maximum atomic E-state index is 12.3. The van der Waals surface area contributed by atoms with Crippen LogP contribution in [0.3, 0.4) is 0 Å². The van der Waals surface area contributed by atoms with Crippen molar-refractivity contribution in [3.8, 4) is 11.3 Å². The molecule has 2 N–H and O–H groups in total. The first-order valence-corrected chi connectivity index (χ1v) is 8.27. The number of hydrogen-bond acceptors (Lipinski definition) is 4. The Balaban J connectivity index is 2.07. The summed E-state index contributed by atoms with van der Waals surface area (Å²) in [5.74, 6) is -0.380. The van der Waals surface area contributed by atoms with E-state index >= 15 is 0 Å². The van der Waals surface area contributed by atoms with Gasteiger partial charge in [-0.2, -0.15) is 0 Å². The number of nitrogens with two attached hydrogens (primary N) is 1. The number of rotatable bonds is 4.